The molecule has 0 fully saturated rings. The lowest BCUT2D eigenvalue weighted by Crippen LogP contribution is -2.37. The van der Waals surface area contributed by atoms with E-state index in [-0.39, 0.29) is 6.54 Å². The van der Waals surface area contributed by atoms with Gasteiger partial charge in [-0.15, -0.1) is 0 Å². The van der Waals surface area contributed by atoms with E-state index in [2.05, 4.69) is 10.1 Å². The van der Waals surface area contributed by atoms with E-state index in [1.807, 2.05) is 12.1 Å². The van der Waals surface area contributed by atoms with E-state index in [0.717, 1.165) is 28.4 Å². The van der Waals surface area contributed by atoms with Gasteiger partial charge in [0.25, 0.3) is 0 Å². The molecule has 2 aromatic carbocycles. The van der Waals surface area contributed by atoms with Crippen LogP contribution in [0.15, 0.2) is 47.3 Å². The Morgan fingerprint density at radius 2 is 1.74 bits per heavy atom. The monoisotopic (exact) mass is 431 g/mol. The molecule has 0 aliphatic carbocycles. The minimum absolute atomic E-state index is 0.0296. The van der Waals surface area contributed by atoms with Crippen LogP contribution in [0.4, 0.5) is 8.78 Å². The number of carbonyl (C=O) groups is 1. The van der Waals surface area contributed by atoms with Crippen molar-refractivity contribution in [2.45, 2.75) is 45.3 Å². The van der Waals surface area contributed by atoms with Gasteiger partial charge in [-0.05, 0) is 62.1 Å². The predicted molar refractivity (Wildman–Crippen MR) is 109 cm³/mol. The normalized spacial score (nSPS) is 11.5. The van der Waals surface area contributed by atoms with Crippen LogP contribution in [0.5, 0.6) is 5.75 Å². The molecule has 0 amide bonds. The topological polar surface area (TPSA) is 97.2 Å². The van der Waals surface area contributed by atoms with Crippen LogP contribution < -0.4 is 10.4 Å². The van der Waals surface area contributed by atoms with Gasteiger partial charge in [0, 0.05) is 12.5 Å². The second kappa shape index (κ2) is 9.11. The molecular weight excluding hydrogens is 408 g/mol. The summed E-state index contributed by atoms with van der Waals surface area (Å²) < 4.78 is 33.2. The Kier molecular flexibility index (Phi) is 6.53. The molecule has 0 unspecified atom stereocenters. The fourth-order valence-electron chi connectivity index (χ4n) is 3.02. The van der Waals surface area contributed by atoms with E-state index in [4.69, 9.17) is 9.84 Å². The number of aromatic nitrogens is 3. The molecule has 0 spiro atoms. The lowest BCUT2D eigenvalue weighted by atomic mass is 10.1. The van der Waals surface area contributed by atoms with Gasteiger partial charge in [-0.1, -0.05) is 12.1 Å². The molecule has 0 aliphatic rings. The Hall–Kier alpha value is -3.49. The molecule has 0 radical (unpaired) electrons. The molecule has 0 saturated heterocycles. The highest BCUT2D eigenvalue weighted by molar-refractivity contribution is 5.76. The first kappa shape index (κ1) is 22.2. The van der Waals surface area contributed by atoms with Crippen molar-refractivity contribution in [3.63, 3.8) is 0 Å². The van der Waals surface area contributed by atoms with Crippen LogP contribution in [0, 0.1) is 11.6 Å². The van der Waals surface area contributed by atoms with Gasteiger partial charge < -0.3 is 9.84 Å². The van der Waals surface area contributed by atoms with Crippen molar-refractivity contribution in [3.05, 3.63) is 81.5 Å². The molecule has 1 heterocycles. The van der Waals surface area contributed by atoms with Crippen molar-refractivity contribution < 1.29 is 23.4 Å². The number of rotatable bonds is 9. The summed E-state index contributed by atoms with van der Waals surface area (Å²) in [6, 6.07) is 10.2. The zero-order valence-corrected chi connectivity index (χ0v) is 17.2. The Morgan fingerprint density at radius 1 is 1.10 bits per heavy atom. The molecule has 7 nitrogen and oxygen atoms in total. The highest BCUT2D eigenvalue weighted by Crippen LogP contribution is 2.20. The van der Waals surface area contributed by atoms with Crippen molar-refractivity contribution in [2.24, 2.45) is 0 Å². The van der Waals surface area contributed by atoms with Crippen molar-refractivity contribution in [2.75, 3.05) is 0 Å². The first-order valence-electron chi connectivity index (χ1n) is 9.75. The molecule has 0 bridgehead atoms. The fraction of sp³-hybridized carbons (Fsp3) is 0.318. The van der Waals surface area contributed by atoms with Crippen molar-refractivity contribution in [1.29, 1.82) is 0 Å². The van der Waals surface area contributed by atoms with Gasteiger partial charge in [0.2, 0.25) is 0 Å². The number of ether oxygens (including phenoxy) is 1. The Morgan fingerprint density at radius 3 is 2.35 bits per heavy atom. The molecular formula is C22H23F2N3O4. The third kappa shape index (κ3) is 6.00. The maximum Gasteiger partial charge on any atom is 0.347 e. The van der Waals surface area contributed by atoms with Gasteiger partial charge >= 0.3 is 11.7 Å². The van der Waals surface area contributed by atoms with Crippen LogP contribution >= 0.6 is 0 Å². The van der Waals surface area contributed by atoms with Crippen molar-refractivity contribution in [1.82, 2.24) is 14.8 Å². The number of aliphatic carboxylic acids is 1. The molecule has 0 aliphatic heterocycles. The summed E-state index contributed by atoms with van der Waals surface area (Å²) in [5.74, 6) is -1.51. The maximum absolute atomic E-state index is 13.3. The predicted octanol–water partition coefficient (Wildman–Crippen LogP) is 3.32. The van der Waals surface area contributed by atoms with Gasteiger partial charge in [-0.2, -0.15) is 5.10 Å². The van der Waals surface area contributed by atoms with Gasteiger partial charge in [0.15, 0.2) is 5.60 Å². The second-order valence-electron chi connectivity index (χ2n) is 7.73. The zero-order valence-electron chi connectivity index (χ0n) is 17.2. The Labute approximate surface area is 177 Å². The van der Waals surface area contributed by atoms with Crippen molar-refractivity contribution >= 4 is 5.97 Å². The van der Waals surface area contributed by atoms with Crippen LogP contribution in [0.25, 0.3) is 0 Å². The van der Waals surface area contributed by atoms with E-state index >= 15 is 0 Å². The number of H-pyrrole nitrogens is 1. The van der Waals surface area contributed by atoms with Crippen LogP contribution in [0.1, 0.15) is 37.2 Å². The first-order chi connectivity index (χ1) is 14.6. The average molecular weight is 431 g/mol. The minimum atomic E-state index is -1.32. The number of benzene rings is 2. The SMILES string of the molecule is CC(C)(Oc1ccc(CCCc2nn(Cc3cc(F)cc(F)c3)c(=O)[nH]2)cc1)C(=O)O. The van der Waals surface area contributed by atoms with E-state index in [1.165, 1.54) is 13.8 Å². The number of aromatic amines is 1. The number of hydrogen-bond acceptors (Lipinski definition) is 4. The smallest absolute Gasteiger partial charge is 0.347 e. The highest BCUT2D eigenvalue weighted by atomic mass is 19.1. The maximum atomic E-state index is 13.3. The fourth-order valence-corrected chi connectivity index (χ4v) is 3.02. The number of nitrogens with zero attached hydrogens (tertiary/aromatic N) is 2. The van der Waals surface area contributed by atoms with Gasteiger partial charge in [0.1, 0.15) is 23.2 Å². The first-order valence-corrected chi connectivity index (χ1v) is 9.75. The second-order valence-corrected chi connectivity index (χ2v) is 7.73. The van der Waals surface area contributed by atoms with E-state index in [0.29, 0.717) is 36.4 Å². The van der Waals surface area contributed by atoms with E-state index in [9.17, 15) is 18.4 Å². The van der Waals surface area contributed by atoms with Gasteiger partial charge in [0.05, 0.1) is 6.54 Å². The third-order valence-electron chi connectivity index (χ3n) is 4.67. The van der Waals surface area contributed by atoms with Gasteiger partial charge in [-0.3, -0.25) is 4.98 Å². The quantitative estimate of drug-likeness (QED) is 0.542. The standard InChI is InChI=1S/C22H23F2N3O4/c1-22(2,20(28)29)31-18-8-6-14(7-9-18)4-3-5-19-25-21(30)27(26-19)13-15-10-16(23)12-17(24)11-15/h6-12H,3-5,13H2,1-2H3,(H,28,29)(H,25,26,30). The summed E-state index contributed by atoms with van der Waals surface area (Å²) in [6.45, 7) is 2.93. The van der Waals surface area contributed by atoms with Crippen molar-refractivity contribution in [3.8, 4) is 5.75 Å². The largest absolute Gasteiger partial charge is 0.478 e. The summed E-state index contributed by atoms with van der Waals surface area (Å²) in [6.07, 6.45) is 1.94. The molecule has 31 heavy (non-hydrogen) atoms. The summed E-state index contributed by atoms with van der Waals surface area (Å²) in [5.41, 5.74) is -0.422. The molecule has 0 saturated carbocycles. The molecule has 2 N–H and O–H groups in total. The van der Waals surface area contributed by atoms with E-state index in [1.54, 1.807) is 12.1 Å². The number of halogens is 2. The summed E-state index contributed by atoms with van der Waals surface area (Å²) in [5, 5.41) is 13.3. The zero-order chi connectivity index (χ0) is 22.6. The highest BCUT2D eigenvalue weighted by Gasteiger charge is 2.29. The Bertz CT molecular complexity index is 1100. The summed E-state index contributed by atoms with van der Waals surface area (Å²) >= 11 is 0. The lowest BCUT2D eigenvalue weighted by molar-refractivity contribution is -0.152. The molecule has 3 aromatic rings. The average Bonchev–Trinajstić information content (AvgIpc) is 3.01. The number of carboxylic acid groups (broad SMARTS) is 1. The lowest BCUT2D eigenvalue weighted by Gasteiger charge is -2.21. The van der Waals surface area contributed by atoms with Crippen LogP contribution in [-0.2, 0) is 24.2 Å². The Balaban J connectivity index is 1.55. The number of carboxylic acids is 1. The summed E-state index contributed by atoms with van der Waals surface area (Å²) in [4.78, 5) is 25.8. The van der Waals surface area contributed by atoms with Crippen LogP contribution in [0.3, 0.4) is 0 Å². The van der Waals surface area contributed by atoms with Crippen LogP contribution in [-0.4, -0.2) is 31.4 Å². The molecule has 164 valence electrons. The number of hydrogen-bond donors (Lipinski definition) is 2. The molecule has 3 rings (SSSR count). The number of aryl methyl sites for hydroxylation is 2. The third-order valence-corrected chi connectivity index (χ3v) is 4.67. The van der Waals surface area contributed by atoms with Crippen LogP contribution in [0.2, 0.25) is 0 Å². The number of nitrogens with one attached hydrogen (secondary N) is 1. The summed E-state index contributed by atoms with van der Waals surface area (Å²) in [7, 11) is 0. The molecule has 1 aromatic heterocycles. The minimum Gasteiger partial charge on any atom is -0.478 e. The van der Waals surface area contributed by atoms with Gasteiger partial charge in [-0.25, -0.2) is 23.1 Å². The van der Waals surface area contributed by atoms with E-state index < -0.39 is 28.9 Å². The molecule has 9 heteroatoms. The molecule has 0 atom stereocenters.